The molecule has 0 aliphatic heterocycles. The molecule has 0 bridgehead atoms. The van der Waals surface area contributed by atoms with Gasteiger partial charge in [-0.05, 0) is 109 Å². The Kier molecular flexibility index (Phi) is 52.5. The van der Waals surface area contributed by atoms with Gasteiger partial charge in [0.05, 0.1) is 13.0 Å². The summed E-state index contributed by atoms with van der Waals surface area (Å²) >= 11 is 0. The van der Waals surface area contributed by atoms with Gasteiger partial charge in [-0.15, -0.1) is 0 Å². The smallest absolute Gasteiger partial charge is 0.309 e. The Balaban J connectivity index is 4.43. The first-order valence-electron chi connectivity index (χ1n) is 27.1. The van der Waals surface area contributed by atoms with Gasteiger partial charge < -0.3 is 14.2 Å². The highest BCUT2D eigenvalue weighted by atomic mass is 16.6. The Bertz CT molecular complexity index is 1350. The van der Waals surface area contributed by atoms with Crippen molar-refractivity contribution >= 4 is 11.9 Å². The molecule has 1 unspecified atom stereocenters. The molecule has 5 heteroatoms. The van der Waals surface area contributed by atoms with Crippen molar-refractivity contribution in [1.82, 2.24) is 0 Å². The normalized spacial score (nSPS) is 13.2. The summed E-state index contributed by atoms with van der Waals surface area (Å²) in [5.74, 6) is -0.597. The van der Waals surface area contributed by atoms with Gasteiger partial charge in [-0.25, -0.2) is 0 Å². The van der Waals surface area contributed by atoms with Gasteiger partial charge in [-0.2, -0.15) is 0 Å². The molecule has 0 radical (unpaired) electrons. The Labute approximate surface area is 407 Å². The highest BCUT2D eigenvalue weighted by Gasteiger charge is 2.17. The lowest BCUT2D eigenvalue weighted by molar-refractivity contribution is -0.162. The van der Waals surface area contributed by atoms with E-state index < -0.39 is 6.10 Å². The molecule has 0 heterocycles. The summed E-state index contributed by atoms with van der Waals surface area (Å²) in [4.78, 5) is 25.4. The maximum Gasteiger partial charge on any atom is 0.309 e. The maximum absolute atomic E-state index is 12.8. The van der Waals surface area contributed by atoms with Crippen LogP contribution >= 0.6 is 0 Å². The molecule has 0 spiro atoms. The predicted molar refractivity (Wildman–Crippen MR) is 288 cm³/mol. The second kappa shape index (κ2) is 55.6. The Morgan fingerprint density at radius 1 is 0.364 bits per heavy atom. The molecule has 0 rings (SSSR count). The molecule has 0 fully saturated rings. The number of ether oxygens (including phenoxy) is 3. The van der Waals surface area contributed by atoms with Gasteiger partial charge in [-0.1, -0.05) is 226 Å². The molecule has 0 aromatic heterocycles. The van der Waals surface area contributed by atoms with Crippen LogP contribution in [0.5, 0.6) is 0 Å². The number of carbonyl (C=O) groups excluding carboxylic acids is 2. The van der Waals surface area contributed by atoms with E-state index in [1.54, 1.807) is 0 Å². The number of hydrogen-bond acceptors (Lipinski definition) is 5. The minimum Gasteiger partial charge on any atom is -0.461 e. The van der Waals surface area contributed by atoms with E-state index in [4.69, 9.17) is 14.2 Å². The van der Waals surface area contributed by atoms with Crippen LogP contribution in [0.2, 0.25) is 0 Å². The largest absolute Gasteiger partial charge is 0.461 e. The van der Waals surface area contributed by atoms with E-state index in [0.717, 1.165) is 89.9 Å². The van der Waals surface area contributed by atoms with E-state index in [2.05, 4.69) is 130 Å². The van der Waals surface area contributed by atoms with Crippen LogP contribution in [0.1, 0.15) is 226 Å². The first-order valence-corrected chi connectivity index (χ1v) is 27.1. The topological polar surface area (TPSA) is 61.8 Å². The first-order chi connectivity index (χ1) is 32.6. The monoisotopic (exact) mass is 913 g/mol. The van der Waals surface area contributed by atoms with E-state index >= 15 is 0 Å². The molecule has 0 aromatic rings. The number of esters is 2. The van der Waals surface area contributed by atoms with E-state index in [1.165, 1.54) is 103 Å². The van der Waals surface area contributed by atoms with E-state index in [0.29, 0.717) is 13.0 Å². The van der Waals surface area contributed by atoms with E-state index in [1.807, 2.05) is 12.2 Å². The highest BCUT2D eigenvalue weighted by Crippen LogP contribution is 2.13. The van der Waals surface area contributed by atoms with Crippen LogP contribution in [0.15, 0.2) is 122 Å². The molecule has 0 aliphatic rings. The zero-order valence-electron chi connectivity index (χ0n) is 42.9. The lowest BCUT2D eigenvalue weighted by Gasteiger charge is -2.18. The van der Waals surface area contributed by atoms with E-state index in [-0.39, 0.29) is 31.6 Å². The lowest BCUT2D eigenvalue weighted by atomic mass is 10.1. The third-order valence-electron chi connectivity index (χ3n) is 11.0. The van der Waals surface area contributed by atoms with Crippen molar-refractivity contribution in [3.05, 3.63) is 122 Å². The predicted octanol–water partition coefficient (Wildman–Crippen LogP) is 18.6. The molecule has 1 atom stereocenters. The number of rotatable bonds is 48. The molecule has 0 amide bonds. The van der Waals surface area contributed by atoms with Crippen molar-refractivity contribution in [1.29, 1.82) is 0 Å². The van der Waals surface area contributed by atoms with Crippen molar-refractivity contribution in [3.8, 4) is 0 Å². The molecule has 0 aliphatic carbocycles. The summed E-state index contributed by atoms with van der Waals surface area (Å²) in [5.41, 5.74) is 0. The van der Waals surface area contributed by atoms with Crippen LogP contribution in [0.3, 0.4) is 0 Å². The van der Waals surface area contributed by atoms with Crippen LogP contribution < -0.4 is 0 Å². The minimum atomic E-state index is -0.606. The summed E-state index contributed by atoms with van der Waals surface area (Å²) in [6.45, 7) is 7.43. The van der Waals surface area contributed by atoms with Gasteiger partial charge in [0.1, 0.15) is 6.61 Å². The number of allylic oxidation sites excluding steroid dienone is 19. The Morgan fingerprint density at radius 2 is 0.727 bits per heavy atom. The molecule has 66 heavy (non-hydrogen) atoms. The molecular weight excluding hydrogens is 813 g/mol. The number of hydrogen-bond donors (Lipinski definition) is 0. The molecular formula is C61H100O5. The number of carbonyl (C=O) groups is 2. The van der Waals surface area contributed by atoms with Gasteiger partial charge in [0.25, 0.3) is 0 Å². The average molecular weight is 913 g/mol. The lowest BCUT2D eigenvalue weighted by Crippen LogP contribution is -2.30. The molecule has 374 valence electrons. The van der Waals surface area contributed by atoms with Crippen molar-refractivity contribution in [2.75, 3.05) is 19.8 Å². The summed E-state index contributed by atoms with van der Waals surface area (Å²) in [5, 5.41) is 0. The average Bonchev–Trinajstić information content (AvgIpc) is 3.32. The summed E-state index contributed by atoms with van der Waals surface area (Å²) in [6, 6.07) is 0. The van der Waals surface area contributed by atoms with Crippen LogP contribution in [-0.4, -0.2) is 37.9 Å². The fourth-order valence-corrected chi connectivity index (χ4v) is 7.04. The van der Waals surface area contributed by atoms with Crippen LogP contribution in [-0.2, 0) is 23.8 Å². The first kappa shape index (κ1) is 62.3. The van der Waals surface area contributed by atoms with E-state index in [9.17, 15) is 9.59 Å². The standard InChI is InChI=1S/C61H100O5/c1-4-7-10-13-16-19-22-25-28-29-30-31-32-35-38-41-44-47-50-53-56-64-57-59(66-61(63)55-52-49-46-43-40-37-34-27-24-21-18-15-12-9-6-3)58-65-60(62)54-51-48-45-42-39-36-33-26-23-20-17-14-11-8-5-2/h8-9,11-12,17-18,20-21,25-28,33-34,39-40,42-43,48,51,59H,4-7,10,13-16,19,22-24,29-32,35-38,41,44-47,49-50,52-58H2,1-3H3/b11-8-,12-9-,20-17-,21-18-,28-25-,33-26-,34-27-,42-39-,43-40-,51-48-. The van der Waals surface area contributed by atoms with Gasteiger partial charge in [0.15, 0.2) is 6.10 Å². The van der Waals surface area contributed by atoms with Crippen molar-refractivity contribution in [2.24, 2.45) is 0 Å². The van der Waals surface area contributed by atoms with Gasteiger partial charge in [-0.3, -0.25) is 9.59 Å². The molecule has 0 aromatic carbocycles. The fraction of sp³-hybridized carbons (Fsp3) is 0.639. The van der Waals surface area contributed by atoms with Crippen LogP contribution in [0, 0.1) is 0 Å². The Morgan fingerprint density at radius 3 is 1.18 bits per heavy atom. The molecule has 0 saturated heterocycles. The summed E-state index contributed by atoms with van der Waals surface area (Å²) < 4.78 is 17.3. The van der Waals surface area contributed by atoms with Crippen LogP contribution in [0.25, 0.3) is 0 Å². The fourth-order valence-electron chi connectivity index (χ4n) is 7.04. The van der Waals surface area contributed by atoms with Crippen molar-refractivity contribution < 1.29 is 23.8 Å². The molecule has 0 N–H and O–H groups in total. The second-order valence-corrected chi connectivity index (χ2v) is 17.4. The zero-order chi connectivity index (χ0) is 47.7. The summed E-state index contributed by atoms with van der Waals surface area (Å²) in [7, 11) is 0. The van der Waals surface area contributed by atoms with Crippen molar-refractivity contribution in [3.63, 3.8) is 0 Å². The van der Waals surface area contributed by atoms with Gasteiger partial charge >= 0.3 is 11.9 Å². The molecule has 5 nitrogen and oxygen atoms in total. The highest BCUT2D eigenvalue weighted by molar-refractivity contribution is 5.71. The SMILES string of the molecule is CC/C=C\C/C=C\C/C=C\C/C=C\C/C=C\CC(=O)OCC(COCCCCCCCCCCCC/C=C\CCCCCCCC)OC(=O)CCCC/C=C\C/C=C\C/C=C\C/C=C\CC. The minimum absolute atomic E-state index is 0.00713. The van der Waals surface area contributed by atoms with Gasteiger partial charge in [0.2, 0.25) is 0 Å². The Hall–Kier alpha value is -3.70. The quantitative estimate of drug-likeness (QED) is 0.0346. The molecule has 0 saturated carbocycles. The maximum atomic E-state index is 12.8. The van der Waals surface area contributed by atoms with Gasteiger partial charge in [0, 0.05) is 13.0 Å². The summed E-state index contributed by atoms with van der Waals surface area (Å²) in [6.07, 6.45) is 78.2. The van der Waals surface area contributed by atoms with Crippen LogP contribution in [0.4, 0.5) is 0 Å². The second-order valence-electron chi connectivity index (χ2n) is 17.4. The third-order valence-corrected chi connectivity index (χ3v) is 11.0. The zero-order valence-corrected chi connectivity index (χ0v) is 42.9. The number of unbranched alkanes of at least 4 members (excludes halogenated alkanes) is 18. The van der Waals surface area contributed by atoms with Crippen molar-refractivity contribution in [2.45, 2.75) is 232 Å². The third kappa shape index (κ3) is 52.9.